The van der Waals surface area contributed by atoms with Crippen LogP contribution in [0.3, 0.4) is 0 Å². The molecule has 4 nitrogen and oxygen atoms in total. The van der Waals surface area contributed by atoms with Crippen molar-refractivity contribution in [1.82, 2.24) is 4.72 Å². The minimum atomic E-state index is -2.95. The summed E-state index contributed by atoms with van der Waals surface area (Å²) in [5.74, 6) is 0. The van der Waals surface area contributed by atoms with Crippen molar-refractivity contribution >= 4 is 18.4 Å². The zero-order valence-electron chi connectivity index (χ0n) is 9.12. The Morgan fingerprint density at radius 3 is 2.21 bits per heavy atom. The molecule has 0 atom stereocenters. The van der Waals surface area contributed by atoms with Crippen LogP contribution in [0.4, 0.5) is 0 Å². The van der Waals surface area contributed by atoms with E-state index in [1.54, 1.807) is 13.8 Å². The van der Waals surface area contributed by atoms with E-state index in [1.165, 1.54) is 0 Å². The summed E-state index contributed by atoms with van der Waals surface area (Å²) in [7, 11) is 0. The summed E-state index contributed by atoms with van der Waals surface area (Å²) in [6, 6.07) is 0. The van der Waals surface area contributed by atoms with Crippen LogP contribution < -0.4 is 4.72 Å². The molecule has 0 unspecified atom stereocenters. The van der Waals surface area contributed by atoms with Gasteiger partial charge in [0.25, 0.3) is 0 Å². The monoisotopic (exact) mass is 241 g/mol. The third-order valence-electron chi connectivity index (χ3n) is 1.38. The fourth-order valence-electron chi connectivity index (χ4n) is 0.780. The Kier molecular flexibility index (Phi) is 9.03. The van der Waals surface area contributed by atoms with E-state index in [0.29, 0.717) is 13.2 Å². The van der Waals surface area contributed by atoms with Crippen LogP contribution in [0, 0.1) is 0 Å². The first-order valence-electron chi connectivity index (χ1n) is 4.99. The summed E-state index contributed by atoms with van der Waals surface area (Å²) in [6.45, 7) is 4.39. The fourth-order valence-corrected chi connectivity index (χ4v) is 3.68. The molecule has 0 fully saturated rings. The Morgan fingerprint density at radius 2 is 1.79 bits per heavy atom. The van der Waals surface area contributed by atoms with E-state index in [0.717, 1.165) is 31.0 Å². The summed E-state index contributed by atoms with van der Waals surface area (Å²) in [5, 5.41) is 0. The molecule has 0 bridgehead atoms. The van der Waals surface area contributed by atoms with Crippen molar-refractivity contribution in [3.63, 3.8) is 0 Å². The highest BCUT2D eigenvalue weighted by Crippen LogP contribution is 2.58. The Balaban J connectivity index is 3.78. The maximum absolute atomic E-state index is 11.8. The SMILES string of the molecule is CCCCNSP(=O)(OCC)OCC. The molecule has 0 aromatic rings. The van der Waals surface area contributed by atoms with E-state index < -0.39 is 6.80 Å². The van der Waals surface area contributed by atoms with Gasteiger partial charge < -0.3 is 9.05 Å². The van der Waals surface area contributed by atoms with Gasteiger partial charge in [-0.15, -0.1) is 0 Å². The van der Waals surface area contributed by atoms with E-state index in [2.05, 4.69) is 11.6 Å². The highest BCUT2D eigenvalue weighted by Gasteiger charge is 2.24. The van der Waals surface area contributed by atoms with E-state index in [-0.39, 0.29) is 0 Å². The molecule has 0 aliphatic heterocycles. The summed E-state index contributed by atoms with van der Waals surface area (Å²) in [5.41, 5.74) is 0. The molecule has 1 N–H and O–H groups in total. The Bertz CT molecular complexity index is 170. The maximum Gasteiger partial charge on any atom is 0.403 e. The molecule has 0 saturated heterocycles. The third kappa shape index (κ3) is 6.85. The van der Waals surface area contributed by atoms with Crippen molar-refractivity contribution in [3.8, 4) is 0 Å². The largest absolute Gasteiger partial charge is 0.403 e. The predicted octanol–water partition coefficient (Wildman–Crippen LogP) is 3.21. The maximum atomic E-state index is 11.8. The van der Waals surface area contributed by atoms with Gasteiger partial charge in [0, 0.05) is 18.1 Å². The molecular weight excluding hydrogens is 221 g/mol. The molecule has 14 heavy (non-hydrogen) atoms. The molecule has 0 saturated carbocycles. The first-order valence-corrected chi connectivity index (χ1v) is 7.95. The lowest BCUT2D eigenvalue weighted by Crippen LogP contribution is -2.06. The average molecular weight is 241 g/mol. The van der Waals surface area contributed by atoms with Gasteiger partial charge in [0.2, 0.25) is 0 Å². The van der Waals surface area contributed by atoms with Gasteiger partial charge in [0.05, 0.1) is 13.2 Å². The number of rotatable bonds is 9. The van der Waals surface area contributed by atoms with Crippen molar-refractivity contribution in [1.29, 1.82) is 0 Å². The van der Waals surface area contributed by atoms with Crippen LogP contribution >= 0.6 is 18.4 Å². The summed E-state index contributed by atoms with van der Waals surface area (Å²) in [4.78, 5) is 0. The van der Waals surface area contributed by atoms with Gasteiger partial charge in [-0.3, -0.25) is 4.72 Å². The number of hydrogen-bond acceptors (Lipinski definition) is 5. The summed E-state index contributed by atoms with van der Waals surface area (Å²) in [6.07, 6.45) is 2.17. The molecular formula is C8H20NO3PS. The molecule has 0 heterocycles. The van der Waals surface area contributed by atoms with Crippen LogP contribution in [0.15, 0.2) is 0 Å². The van der Waals surface area contributed by atoms with Gasteiger partial charge in [-0.25, -0.2) is 4.57 Å². The number of hydrogen-bond donors (Lipinski definition) is 1. The van der Waals surface area contributed by atoms with Gasteiger partial charge in [-0.05, 0) is 20.3 Å². The zero-order valence-corrected chi connectivity index (χ0v) is 10.8. The van der Waals surface area contributed by atoms with Crippen LogP contribution in [0.25, 0.3) is 0 Å². The minimum Gasteiger partial charge on any atom is -0.300 e. The summed E-state index contributed by atoms with van der Waals surface area (Å²) >= 11 is 1.07. The standard InChI is InChI=1S/C8H20NO3PS/c1-4-7-8-9-14-13(10,11-5-2)12-6-3/h9H,4-8H2,1-3H3. The fraction of sp³-hybridized carbons (Fsp3) is 1.00. The van der Waals surface area contributed by atoms with Crippen molar-refractivity contribution in [3.05, 3.63) is 0 Å². The molecule has 0 aromatic carbocycles. The molecule has 0 amide bonds. The van der Waals surface area contributed by atoms with Crippen LogP contribution in [-0.4, -0.2) is 19.8 Å². The predicted molar refractivity (Wildman–Crippen MR) is 61.4 cm³/mol. The summed E-state index contributed by atoms with van der Waals surface area (Å²) < 4.78 is 25.0. The van der Waals surface area contributed by atoms with E-state index in [1.807, 2.05) is 0 Å². The van der Waals surface area contributed by atoms with Crippen molar-refractivity contribution < 1.29 is 13.6 Å². The van der Waals surface area contributed by atoms with Crippen LogP contribution in [-0.2, 0) is 13.6 Å². The minimum absolute atomic E-state index is 0.403. The van der Waals surface area contributed by atoms with E-state index >= 15 is 0 Å². The van der Waals surface area contributed by atoms with Gasteiger partial charge >= 0.3 is 6.80 Å². The Morgan fingerprint density at radius 1 is 1.21 bits per heavy atom. The Labute approximate surface area is 90.5 Å². The lowest BCUT2D eigenvalue weighted by atomic mass is 10.3. The van der Waals surface area contributed by atoms with Gasteiger partial charge in [0.1, 0.15) is 0 Å². The molecule has 0 aliphatic carbocycles. The number of unbranched alkanes of at least 4 members (excludes halogenated alkanes) is 1. The van der Waals surface area contributed by atoms with E-state index in [9.17, 15) is 4.57 Å². The molecule has 86 valence electrons. The van der Waals surface area contributed by atoms with Crippen molar-refractivity contribution in [2.24, 2.45) is 0 Å². The molecule has 6 heteroatoms. The topological polar surface area (TPSA) is 47.6 Å². The Hall–Kier alpha value is 0.460. The molecule has 0 radical (unpaired) electrons. The molecule has 0 rings (SSSR count). The zero-order chi connectivity index (χ0) is 10.9. The van der Waals surface area contributed by atoms with Crippen LogP contribution in [0.1, 0.15) is 33.6 Å². The lowest BCUT2D eigenvalue weighted by Gasteiger charge is -2.15. The first kappa shape index (κ1) is 14.5. The molecule has 0 spiro atoms. The number of nitrogens with one attached hydrogen (secondary N) is 1. The highest BCUT2D eigenvalue weighted by atomic mass is 32.7. The van der Waals surface area contributed by atoms with Crippen LogP contribution in [0.2, 0.25) is 0 Å². The van der Waals surface area contributed by atoms with E-state index in [4.69, 9.17) is 9.05 Å². The average Bonchev–Trinajstić information content (AvgIpc) is 2.13. The van der Waals surface area contributed by atoms with Crippen molar-refractivity contribution in [2.45, 2.75) is 33.6 Å². The molecule has 0 aliphatic rings. The highest BCUT2D eigenvalue weighted by molar-refractivity contribution is 8.54. The van der Waals surface area contributed by atoms with Gasteiger partial charge in [-0.1, -0.05) is 13.3 Å². The van der Waals surface area contributed by atoms with Crippen molar-refractivity contribution in [2.75, 3.05) is 19.8 Å². The second-order valence-electron chi connectivity index (χ2n) is 2.62. The van der Waals surface area contributed by atoms with Crippen LogP contribution in [0.5, 0.6) is 0 Å². The lowest BCUT2D eigenvalue weighted by molar-refractivity contribution is 0.236. The molecule has 0 aromatic heterocycles. The smallest absolute Gasteiger partial charge is 0.300 e. The van der Waals surface area contributed by atoms with Gasteiger partial charge in [-0.2, -0.15) is 0 Å². The third-order valence-corrected chi connectivity index (χ3v) is 4.78. The van der Waals surface area contributed by atoms with Gasteiger partial charge in [0.15, 0.2) is 0 Å². The second kappa shape index (κ2) is 8.74. The second-order valence-corrected chi connectivity index (χ2v) is 6.39. The quantitative estimate of drug-likeness (QED) is 0.381. The normalized spacial score (nSPS) is 11.9. The first-order chi connectivity index (χ1) is 6.68.